The van der Waals surface area contributed by atoms with Crippen molar-refractivity contribution in [3.63, 3.8) is 0 Å². The Morgan fingerprint density at radius 1 is 1.32 bits per heavy atom. The Labute approximate surface area is 115 Å². The van der Waals surface area contributed by atoms with Crippen LogP contribution in [0.15, 0.2) is 18.2 Å². The second-order valence-corrected chi connectivity index (χ2v) is 5.78. The Kier molecular flexibility index (Phi) is 4.83. The van der Waals surface area contributed by atoms with Crippen LogP contribution in [0.3, 0.4) is 0 Å². The minimum atomic E-state index is 0.109. The molecule has 1 aromatic rings. The zero-order valence-electron chi connectivity index (χ0n) is 11.9. The summed E-state index contributed by atoms with van der Waals surface area (Å²) in [6.45, 7) is 4.31. The minimum absolute atomic E-state index is 0.109. The van der Waals surface area contributed by atoms with Crippen LogP contribution in [0.1, 0.15) is 49.8 Å². The maximum atomic E-state index is 10.0. The van der Waals surface area contributed by atoms with Crippen molar-refractivity contribution in [2.24, 2.45) is 5.92 Å². The van der Waals surface area contributed by atoms with E-state index in [1.54, 1.807) is 6.07 Å². The van der Waals surface area contributed by atoms with E-state index in [0.29, 0.717) is 17.7 Å². The molecular weight excluding hydrogens is 238 g/mol. The van der Waals surface area contributed by atoms with E-state index in [1.165, 1.54) is 12.8 Å². The molecule has 0 spiro atoms. The molecule has 3 nitrogen and oxygen atoms in total. The zero-order chi connectivity index (χ0) is 13.8. The van der Waals surface area contributed by atoms with E-state index in [-0.39, 0.29) is 12.6 Å². The predicted octanol–water partition coefficient (Wildman–Crippen LogP) is 2.90. The van der Waals surface area contributed by atoms with Gasteiger partial charge < -0.3 is 15.5 Å². The molecule has 3 atom stereocenters. The number of aryl methyl sites for hydroxylation is 1. The lowest BCUT2D eigenvalue weighted by Crippen LogP contribution is -2.41. The first-order chi connectivity index (χ1) is 9.11. The van der Waals surface area contributed by atoms with Gasteiger partial charge in [0.25, 0.3) is 0 Å². The third-order valence-electron chi connectivity index (χ3n) is 4.26. The van der Waals surface area contributed by atoms with Crippen molar-refractivity contribution in [2.75, 3.05) is 6.61 Å². The molecule has 1 saturated carbocycles. The van der Waals surface area contributed by atoms with Crippen LogP contribution < -0.4 is 5.32 Å². The van der Waals surface area contributed by atoms with Crippen LogP contribution in [0.25, 0.3) is 0 Å². The molecule has 1 aliphatic carbocycles. The van der Waals surface area contributed by atoms with Crippen molar-refractivity contribution < 1.29 is 10.2 Å². The Morgan fingerprint density at radius 2 is 2.05 bits per heavy atom. The van der Waals surface area contributed by atoms with Gasteiger partial charge in [0.05, 0.1) is 0 Å². The van der Waals surface area contributed by atoms with Crippen LogP contribution in [0.5, 0.6) is 5.75 Å². The Morgan fingerprint density at radius 3 is 2.74 bits per heavy atom. The molecule has 19 heavy (non-hydrogen) atoms. The van der Waals surface area contributed by atoms with E-state index in [0.717, 1.165) is 24.0 Å². The summed E-state index contributed by atoms with van der Waals surface area (Å²) in [5, 5.41) is 23.0. The fourth-order valence-electron chi connectivity index (χ4n) is 3.08. The smallest absolute Gasteiger partial charge is 0.120 e. The Bertz CT molecular complexity index is 419. The molecule has 0 heterocycles. The van der Waals surface area contributed by atoms with Gasteiger partial charge in [-0.2, -0.15) is 0 Å². The fourth-order valence-corrected chi connectivity index (χ4v) is 3.08. The summed E-state index contributed by atoms with van der Waals surface area (Å²) >= 11 is 0. The molecule has 1 aliphatic rings. The van der Waals surface area contributed by atoms with Gasteiger partial charge in [-0.05, 0) is 44.2 Å². The van der Waals surface area contributed by atoms with Crippen molar-refractivity contribution in [3.05, 3.63) is 29.3 Å². The summed E-state index contributed by atoms with van der Waals surface area (Å²) in [6, 6.07) is 6.28. The lowest BCUT2D eigenvalue weighted by Gasteiger charge is -2.33. The first kappa shape index (κ1) is 14.4. The number of hydrogen-bond donors (Lipinski definition) is 3. The molecule has 3 heteroatoms. The highest BCUT2D eigenvalue weighted by molar-refractivity contribution is 5.37. The quantitative estimate of drug-likeness (QED) is 0.783. The number of nitrogens with one attached hydrogen (secondary N) is 1. The SMILES string of the molecule is Cc1ccc(C(C)NC2CCCCC2CO)c(O)c1. The summed E-state index contributed by atoms with van der Waals surface area (Å²) in [5.41, 5.74) is 2.01. The van der Waals surface area contributed by atoms with Gasteiger partial charge in [-0.1, -0.05) is 25.0 Å². The molecule has 0 aliphatic heterocycles. The van der Waals surface area contributed by atoms with Crippen LogP contribution in [0, 0.1) is 12.8 Å². The van der Waals surface area contributed by atoms with E-state index in [4.69, 9.17) is 0 Å². The number of benzene rings is 1. The van der Waals surface area contributed by atoms with Crippen LogP contribution in [-0.2, 0) is 0 Å². The molecule has 0 amide bonds. The highest BCUT2D eigenvalue weighted by Gasteiger charge is 2.26. The van der Waals surface area contributed by atoms with Gasteiger partial charge in [0.2, 0.25) is 0 Å². The minimum Gasteiger partial charge on any atom is -0.508 e. The average Bonchev–Trinajstić information content (AvgIpc) is 2.39. The predicted molar refractivity (Wildman–Crippen MR) is 77.2 cm³/mol. The molecule has 0 radical (unpaired) electrons. The third-order valence-corrected chi connectivity index (χ3v) is 4.26. The van der Waals surface area contributed by atoms with Crippen LogP contribution in [0.2, 0.25) is 0 Å². The molecule has 1 fully saturated rings. The van der Waals surface area contributed by atoms with Crippen molar-refractivity contribution in [1.29, 1.82) is 0 Å². The summed E-state index contributed by atoms with van der Waals surface area (Å²) in [5.74, 6) is 0.708. The number of aliphatic hydroxyl groups is 1. The number of phenols is 1. The molecule has 3 unspecified atom stereocenters. The monoisotopic (exact) mass is 263 g/mol. The lowest BCUT2D eigenvalue weighted by atomic mass is 9.84. The maximum Gasteiger partial charge on any atom is 0.120 e. The molecule has 2 rings (SSSR count). The normalized spacial score (nSPS) is 25.2. The number of phenolic OH excluding ortho intramolecular Hbond substituents is 1. The largest absolute Gasteiger partial charge is 0.508 e. The van der Waals surface area contributed by atoms with Crippen molar-refractivity contribution >= 4 is 0 Å². The summed E-state index contributed by atoms with van der Waals surface area (Å²) in [7, 11) is 0. The highest BCUT2D eigenvalue weighted by atomic mass is 16.3. The van der Waals surface area contributed by atoms with E-state index in [2.05, 4.69) is 12.2 Å². The summed E-state index contributed by atoms with van der Waals surface area (Å²) in [4.78, 5) is 0. The molecule has 0 aromatic heterocycles. The van der Waals surface area contributed by atoms with E-state index in [1.807, 2.05) is 19.1 Å². The van der Waals surface area contributed by atoms with Gasteiger partial charge in [0.15, 0.2) is 0 Å². The van der Waals surface area contributed by atoms with Gasteiger partial charge in [-0.15, -0.1) is 0 Å². The van der Waals surface area contributed by atoms with E-state index in [9.17, 15) is 10.2 Å². The number of rotatable bonds is 4. The Hall–Kier alpha value is -1.06. The van der Waals surface area contributed by atoms with Gasteiger partial charge in [-0.25, -0.2) is 0 Å². The number of aromatic hydroxyl groups is 1. The summed E-state index contributed by atoms with van der Waals surface area (Å²) < 4.78 is 0. The molecule has 3 N–H and O–H groups in total. The van der Waals surface area contributed by atoms with Crippen molar-refractivity contribution in [2.45, 2.75) is 51.6 Å². The van der Waals surface area contributed by atoms with Gasteiger partial charge >= 0.3 is 0 Å². The highest BCUT2D eigenvalue weighted by Crippen LogP contribution is 2.29. The summed E-state index contributed by atoms with van der Waals surface area (Å²) in [6.07, 6.45) is 4.65. The van der Waals surface area contributed by atoms with Crippen LogP contribution >= 0.6 is 0 Å². The zero-order valence-corrected chi connectivity index (χ0v) is 11.9. The third kappa shape index (κ3) is 3.48. The molecular formula is C16H25NO2. The lowest BCUT2D eigenvalue weighted by molar-refractivity contribution is 0.147. The Balaban J connectivity index is 2.05. The molecule has 1 aromatic carbocycles. The van der Waals surface area contributed by atoms with Crippen molar-refractivity contribution in [3.8, 4) is 5.75 Å². The van der Waals surface area contributed by atoms with Crippen molar-refractivity contribution in [1.82, 2.24) is 5.32 Å². The van der Waals surface area contributed by atoms with E-state index >= 15 is 0 Å². The standard InChI is InChI=1S/C16H25NO2/c1-11-7-8-14(16(19)9-11)12(2)17-15-6-4-3-5-13(15)10-18/h7-9,12-13,15,17-19H,3-6,10H2,1-2H3. The maximum absolute atomic E-state index is 10.0. The first-order valence-corrected chi connectivity index (χ1v) is 7.28. The molecule has 0 bridgehead atoms. The van der Waals surface area contributed by atoms with Gasteiger partial charge in [-0.3, -0.25) is 0 Å². The second-order valence-electron chi connectivity index (χ2n) is 5.78. The van der Waals surface area contributed by atoms with Gasteiger partial charge in [0.1, 0.15) is 5.75 Å². The fraction of sp³-hybridized carbons (Fsp3) is 0.625. The van der Waals surface area contributed by atoms with Gasteiger partial charge in [0, 0.05) is 24.3 Å². The van der Waals surface area contributed by atoms with Crippen LogP contribution in [-0.4, -0.2) is 22.9 Å². The van der Waals surface area contributed by atoms with E-state index < -0.39 is 0 Å². The second kappa shape index (κ2) is 6.40. The first-order valence-electron chi connectivity index (χ1n) is 7.28. The average molecular weight is 263 g/mol. The van der Waals surface area contributed by atoms with Crippen LogP contribution in [0.4, 0.5) is 0 Å². The molecule has 0 saturated heterocycles. The number of hydrogen-bond acceptors (Lipinski definition) is 3. The topological polar surface area (TPSA) is 52.5 Å². The molecule has 106 valence electrons. The number of aliphatic hydroxyl groups excluding tert-OH is 1.